The zero-order valence-corrected chi connectivity index (χ0v) is 11.9. The van der Waals surface area contributed by atoms with Crippen LogP contribution in [0, 0.1) is 6.92 Å². The first-order valence-corrected chi connectivity index (χ1v) is 6.72. The number of amides is 1. The molecule has 3 aromatic rings. The van der Waals surface area contributed by atoms with E-state index in [9.17, 15) is 4.79 Å². The molecule has 0 fully saturated rings. The summed E-state index contributed by atoms with van der Waals surface area (Å²) in [5, 5.41) is 12.9. The van der Waals surface area contributed by atoms with Crippen molar-refractivity contribution in [2.45, 2.75) is 20.3 Å². The summed E-state index contributed by atoms with van der Waals surface area (Å²) in [4.78, 5) is 11.1. The Hall–Kier alpha value is -2.76. The van der Waals surface area contributed by atoms with Gasteiger partial charge in [0.25, 0.3) is 0 Å². The van der Waals surface area contributed by atoms with Crippen LogP contribution >= 0.6 is 0 Å². The first-order valence-electron chi connectivity index (χ1n) is 6.72. The number of carbonyl (C=O) groups excluding carboxylic acids is 1. The van der Waals surface area contributed by atoms with Gasteiger partial charge in [0.2, 0.25) is 5.91 Å². The second-order valence-corrected chi connectivity index (χ2v) is 4.86. The van der Waals surface area contributed by atoms with E-state index in [2.05, 4.69) is 15.3 Å². The van der Waals surface area contributed by atoms with Gasteiger partial charge in [0, 0.05) is 17.5 Å². The third-order valence-electron chi connectivity index (χ3n) is 3.41. The summed E-state index contributed by atoms with van der Waals surface area (Å²) >= 11 is 0. The van der Waals surface area contributed by atoms with Crippen LogP contribution in [0.1, 0.15) is 28.7 Å². The first kappa shape index (κ1) is 13.2. The van der Waals surface area contributed by atoms with Crippen molar-refractivity contribution in [1.29, 1.82) is 0 Å². The molecule has 0 saturated carbocycles. The normalized spacial score (nSPS) is 11.0. The lowest BCUT2D eigenvalue weighted by Gasteiger charge is -2.07. The van der Waals surface area contributed by atoms with Crippen molar-refractivity contribution in [3.05, 3.63) is 47.3 Å². The Morgan fingerprint density at radius 1 is 1.24 bits per heavy atom. The largest absolute Gasteiger partial charge is 0.366 e. The van der Waals surface area contributed by atoms with Gasteiger partial charge in [-0.25, -0.2) is 0 Å². The summed E-state index contributed by atoms with van der Waals surface area (Å²) in [5.41, 5.74) is 9.25. The lowest BCUT2D eigenvalue weighted by molar-refractivity contribution is 0.100. The van der Waals surface area contributed by atoms with Gasteiger partial charge in [-0.05, 0) is 30.7 Å². The molecule has 0 aliphatic carbocycles. The second kappa shape index (κ2) is 4.97. The Balaban J connectivity index is 2.14. The highest BCUT2D eigenvalue weighted by atomic mass is 16.1. The Labute approximate surface area is 121 Å². The molecule has 0 aliphatic rings. The van der Waals surface area contributed by atoms with Gasteiger partial charge in [-0.3, -0.25) is 4.79 Å². The molecular weight excluding hydrogens is 266 g/mol. The summed E-state index contributed by atoms with van der Waals surface area (Å²) in [7, 11) is 0. The van der Waals surface area contributed by atoms with Crippen molar-refractivity contribution in [1.82, 2.24) is 19.8 Å². The molecular formula is C15H15N5O. The minimum absolute atomic E-state index is 0.436. The van der Waals surface area contributed by atoms with Crippen molar-refractivity contribution in [3.8, 4) is 11.3 Å². The molecule has 21 heavy (non-hydrogen) atoms. The molecule has 0 unspecified atom stereocenters. The number of benzene rings is 1. The van der Waals surface area contributed by atoms with Crippen LogP contribution in [-0.4, -0.2) is 25.7 Å². The highest BCUT2D eigenvalue weighted by molar-refractivity contribution is 5.93. The van der Waals surface area contributed by atoms with Gasteiger partial charge in [0.05, 0.1) is 5.69 Å². The molecule has 0 bridgehead atoms. The summed E-state index contributed by atoms with van der Waals surface area (Å²) in [6, 6.07) is 9.05. The number of rotatable bonds is 3. The van der Waals surface area contributed by atoms with Gasteiger partial charge >= 0.3 is 0 Å². The van der Waals surface area contributed by atoms with Crippen molar-refractivity contribution < 1.29 is 4.79 Å². The highest BCUT2D eigenvalue weighted by Gasteiger charge is 2.11. The van der Waals surface area contributed by atoms with Crippen LogP contribution in [0.3, 0.4) is 0 Å². The molecule has 6 nitrogen and oxygen atoms in total. The first-order chi connectivity index (χ1) is 10.1. The Morgan fingerprint density at radius 3 is 2.57 bits per heavy atom. The molecule has 106 valence electrons. The lowest BCUT2D eigenvalue weighted by Crippen LogP contribution is -2.10. The fraction of sp³-hybridized carbons (Fsp3) is 0.200. The van der Waals surface area contributed by atoms with Crippen LogP contribution in [0.2, 0.25) is 0 Å². The molecule has 6 heteroatoms. The summed E-state index contributed by atoms with van der Waals surface area (Å²) in [6.07, 6.45) is 0.761. The molecule has 2 heterocycles. The predicted molar refractivity (Wildman–Crippen MR) is 78.9 cm³/mol. The summed E-state index contributed by atoms with van der Waals surface area (Å²) < 4.78 is 1.75. The maximum atomic E-state index is 11.1. The highest BCUT2D eigenvalue weighted by Crippen LogP contribution is 2.22. The van der Waals surface area contributed by atoms with Crippen molar-refractivity contribution in [3.63, 3.8) is 0 Å². The van der Waals surface area contributed by atoms with Crippen LogP contribution in [0.25, 0.3) is 16.9 Å². The van der Waals surface area contributed by atoms with E-state index in [1.807, 2.05) is 32.0 Å². The van der Waals surface area contributed by atoms with E-state index < -0.39 is 5.91 Å². The molecule has 3 rings (SSSR count). The van der Waals surface area contributed by atoms with E-state index in [0.717, 1.165) is 34.7 Å². The van der Waals surface area contributed by atoms with E-state index in [-0.39, 0.29) is 0 Å². The zero-order valence-electron chi connectivity index (χ0n) is 11.9. The number of hydrogen-bond acceptors (Lipinski definition) is 4. The number of aromatic nitrogens is 4. The Kier molecular flexibility index (Phi) is 3.13. The second-order valence-electron chi connectivity index (χ2n) is 4.86. The molecule has 0 radical (unpaired) electrons. The van der Waals surface area contributed by atoms with E-state index >= 15 is 0 Å². The molecule has 1 amide bonds. The Morgan fingerprint density at radius 2 is 1.95 bits per heavy atom. The maximum Gasteiger partial charge on any atom is 0.248 e. The number of carbonyl (C=O) groups is 1. The Bertz CT molecular complexity index is 820. The predicted octanol–water partition coefficient (Wildman–Crippen LogP) is 1.76. The van der Waals surface area contributed by atoms with Crippen molar-refractivity contribution in [2.75, 3.05) is 0 Å². The number of fused-ring (bicyclic) bond motifs is 1. The van der Waals surface area contributed by atoms with Crippen LogP contribution in [0.4, 0.5) is 0 Å². The van der Waals surface area contributed by atoms with Gasteiger partial charge in [-0.15, -0.1) is 10.2 Å². The van der Waals surface area contributed by atoms with Crippen LogP contribution in [0.15, 0.2) is 30.3 Å². The van der Waals surface area contributed by atoms with Crippen LogP contribution < -0.4 is 5.73 Å². The summed E-state index contributed by atoms with van der Waals surface area (Å²) in [5.74, 6) is 0.383. The topological polar surface area (TPSA) is 86.2 Å². The fourth-order valence-electron chi connectivity index (χ4n) is 2.26. The van der Waals surface area contributed by atoms with Crippen LogP contribution in [0.5, 0.6) is 0 Å². The lowest BCUT2D eigenvalue weighted by atomic mass is 10.1. The third-order valence-corrected chi connectivity index (χ3v) is 3.41. The third kappa shape index (κ3) is 2.24. The number of primary amides is 1. The van der Waals surface area contributed by atoms with Gasteiger partial charge in [0.1, 0.15) is 0 Å². The molecule has 2 N–H and O–H groups in total. The van der Waals surface area contributed by atoms with Gasteiger partial charge in [0.15, 0.2) is 11.5 Å². The number of nitrogens with two attached hydrogens (primary N) is 1. The van der Waals surface area contributed by atoms with Crippen molar-refractivity contribution in [2.24, 2.45) is 5.73 Å². The number of nitrogens with zero attached hydrogens (tertiary/aromatic N) is 4. The average Bonchev–Trinajstić information content (AvgIpc) is 2.88. The van der Waals surface area contributed by atoms with E-state index in [1.165, 1.54) is 0 Å². The minimum atomic E-state index is -0.436. The molecule has 2 aromatic heterocycles. The summed E-state index contributed by atoms with van der Waals surface area (Å²) in [6.45, 7) is 3.99. The fourth-order valence-corrected chi connectivity index (χ4v) is 2.26. The van der Waals surface area contributed by atoms with Gasteiger partial charge in [-0.1, -0.05) is 19.1 Å². The van der Waals surface area contributed by atoms with E-state index in [4.69, 9.17) is 5.73 Å². The maximum absolute atomic E-state index is 11.1. The number of aryl methyl sites for hydroxylation is 2. The van der Waals surface area contributed by atoms with E-state index in [0.29, 0.717) is 5.56 Å². The monoisotopic (exact) mass is 281 g/mol. The molecule has 0 aliphatic heterocycles. The molecule has 1 aromatic carbocycles. The molecule has 0 spiro atoms. The zero-order chi connectivity index (χ0) is 15.0. The standard InChI is InChI=1S/C15H15N5O/c1-3-12-17-18-13-8-9(2)14(19-20(12)13)10-4-6-11(7-5-10)15(16)21/h4-8H,3H2,1-2H3,(H2,16,21). The number of hydrogen-bond donors (Lipinski definition) is 1. The SMILES string of the molecule is CCc1nnc2cc(C)c(-c3ccc(C(N)=O)cc3)nn12. The van der Waals surface area contributed by atoms with Gasteiger partial charge in [-0.2, -0.15) is 9.61 Å². The van der Waals surface area contributed by atoms with Crippen LogP contribution in [-0.2, 0) is 6.42 Å². The minimum Gasteiger partial charge on any atom is -0.366 e. The average molecular weight is 281 g/mol. The molecule has 0 atom stereocenters. The molecule has 0 saturated heterocycles. The quantitative estimate of drug-likeness (QED) is 0.792. The van der Waals surface area contributed by atoms with Crippen molar-refractivity contribution >= 4 is 11.6 Å². The van der Waals surface area contributed by atoms with E-state index in [1.54, 1.807) is 16.6 Å². The smallest absolute Gasteiger partial charge is 0.248 e. The van der Waals surface area contributed by atoms with Gasteiger partial charge < -0.3 is 5.73 Å².